The van der Waals surface area contributed by atoms with E-state index in [-0.39, 0.29) is 12.1 Å². The number of hydrogen-bond acceptors (Lipinski definition) is 8. The van der Waals surface area contributed by atoms with E-state index in [1.807, 2.05) is 18.3 Å². The van der Waals surface area contributed by atoms with E-state index < -0.39 is 0 Å². The Morgan fingerprint density at radius 1 is 1.12 bits per heavy atom. The predicted molar refractivity (Wildman–Crippen MR) is 166 cm³/mol. The molecule has 2 aromatic carbocycles. The minimum Gasteiger partial charge on any atom is -0.381 e. The summed E-state index contributed by atoms with van der Waals surface area (Å²) in [6.07, 6.45) is 9.08. The summed E-state index contributed by atoms with van der Waals surface area (Å²) in [5.74, 6) is 1.48. The van der Waals surface area contributed by atoms with E-state index in [1.165, 1.54) is 5.69 Å². The van der Waals surface area contributed by atoms with E-state index in [0.29, 0.717) is 16.6 Å². The van der Waals surface area contributed by atoms with Crippen LogP contribution in [0.2, 0.25) is 0 Å². The van der Waals surface area contributed by atoms with E-state index in [1.54, 1.807) is 6.20 Å². The van der Waals surface area contributed by atoms with Crippen molar-refractivity contribution < 1.29 is 9.47 Å². The highest BCUT2D eigenvalue weighted by Crippen LogP contribution is 2.43. The van der Waals surface area contributed by atoms with Crippen LogP contribution in [0.3, 0.4) is 0 Å². The summed E-state index contributed by atoms with van der Waals surface area (Å²) >= 11 is 0. The summed E-state index contributed by atoms with van der Waals surface area (Å²) in [6, 6.07) is 15.2. The van der Waals surface area contributed by atoms with Crippen LogP contribution in [-0.4, -0.2) is 66.5 Å². The van der Waals surface area contributed by atoms with Crippen LogP contribution in [0.5, 0.6) is 0 Å². The number of ether oxygens (including phenoxy) is 2. The van der Waals surface area contributed by atoms with Gasteiger partial charge in [-0.1, -0.05) is 12.1 Å². The van der Waals surface area contributed by atoms with Crippen molar-refractivity contribution in [2.45, 2.75) is 51.2 Å². The fourth-order valence-electron chi connectivity index (χ4n) is 7.89. The van der Waals surface area contributed by atoms with Crippen LogP contribution in [0.4, 0.5) is 11.5 Å². The number of rotatable bonds is 6. The van der Waals surface area contributed by atoms with Gasteiger partial charge < -0.3 is 25.0 Å². The number of fused-ring (bicyclic) bond motifs is 3. The predicted octanol–water partition coefficient (Wildman–Crippen LogP) is 4.86. The Labute approximate surface area is 252 Å². The monoisotopic (exact) mass is 577 g/mol. The Morgan fingerprint density at radius 2 is 1.95 bits per heavy atom. The average Bonchev–Trinajstić information content (AvgIpc) is 3.48. The zero-order chi connectivity index (χ0) is 29.0. The molecule has 8 rings (SSSR count). The number of nitriles is 1. The third kappa shape index (κ3) is 4.73. The molecule has 4 aliphatic rings. The third-order valence-electron chi connectivity index (χ3n) is 10.5. The normalized spacial score (nSPS) is 23.2. The van der Waals surface area contributed by atoms with Gasteiger partial charge in [-0.15, -0.1) is 0 Å². The summed E-state index contributed by atoms with van der Waals surface area (Å²) in [5.41, 5.74) is 5.97. The second-order valence-corrected chi connectivity index (χ2v) is 13.3. The highest BCUT2D eigenvalue weighted by atomic mass is 16.5. The Kier molecular flexibility index (Phi) is 6.55. The maximum atomic E-state index is 10.1. The van der Waals surface area contributed by atoms with Gasteiger partial charge in [0.05, 0.1) is 29.3 Å². The van der Waals surface area contributed by atoms with Crippen molar-refractivity contribution in [3.63, 3.8) is 0 Å². The van der Waals surface area contributed by atoms with Gasteiger partial charge in [0.15, 0.2) is 0 Å². The van der Waals surface area contributed by atoms with Crippen LogP contribution in [0.25, 0.3) is 16.7 Å². The molecule has 1 unspecified atom stereocenters. The molecule has 4 fully saturated rings. The van der Waals surface area contributed by atoms with Crippen molar-refractivity contribution in [2.75, 3.05) is 56.2 Å². The smallest absolute Gasteiger partial charge is 0.236 e. The lowest BCUT2D eigenvalue weighted by Crippen LogP contribution is -2.58. The van der Waals surface area contributed by atoms with Gasteiger partial charge in [-0.2, -0.15) is 10.2 Å². The van der Waals surface area contributed by atoms with Gasteiger partial charge in [0.1, 0.15) is 5.82 Å². The molecule has 2 spiro atoms. The number of benzene rings is 2. The summed E-state index contributed by atoms with van der Waals surface area (Å²) in [6.45, 7) is 9.00. The lowest BCUT2D eigenvalue weighted by molar-refractivity contribution is -0.0674. The Bertz CT molecular complexity index is 1710. The molecule has 4 aromatic rings. The van der Waals surface area contributed by atoms with Gasteiger partial charge in [-0.05, 0) is 73.4 Å². The summed E-state index contributed by atoms with van der Waals surface area (Å²) < 4.78 is 14.0. The van der Waals surface area contributed by atoms with Crippen molar-refractivity contribution in [1.29, 1.82) is 5.26 Å². The topological polar surface area (TPSA) is 99.7 Å². The number of nitrogens with zero attached hydrogens (tertiary/aromatic N) is 5. The van der Waals surface area contributed by atoms with Crippen LogP contribution in [0, 0.1) is 22.2 Å². The molecule has 4 aliphatic heterocycles. The second kappa shape index (κ2) is 10.5. The van der Waals surface area contributed by atoms with Crippen LogP contribution in [-0.2, 0) is 15.9 Å². The van der Waals surface area contributed by atoms with Crippen LogP contribution in [0.15, 0.2) is 48.8 Å². The number of aromatic nitrogens is 3. The highest BCUT2D eigenvalue weighted by Gasteiger charge is 2.44. The number of hydrogen-bond donors (Lipinski definition) is 2. The molecule has 9 nitrogen and oxygen atoms in total. The van der Waals surface area contributed by atoms with Crippen molar-refractivity contribution in [3.05, 3.63) is 65.5 Å². The summed E-state index contributed by atoms with van der Waals surface area (Å²) in [4.78, 5) is 12.0. The maximum Gasteiger partial charge on any atom is 0.236 e. The lowest BCUT2D eigenvalue weighted by atomic mass is 9.72. The van der Waals surface area contributed by atoms with E-state index >= 15 is 0 Å². The molecular formula is C34H39N7O2. The molecule has 2 N–H and O–H groups in total. The molecule has 0 saturated carbocycles. The van der Waals surface area contributed by atoms with Crippen molar-refractivity contribution >= 4 is 28.2 Å². The van der Waals surface area contributed by atoms with Gasteiger partial charge in [-0.25, -0.2) is 4.98 Å². The quantitative estimate of drug-likeness (QED) is 0.335. The van der Waals surface area contributed by atoms with Crippen molar-refractivity contribution in [1.82, 2.24) is 19.7 Å². The van der Waals surface area contributed by atoms with Crippen molar-refractivity contribution in [2.24, 2.45) is 10.8 Å². The number of nitrogens with one attached hydrogen (secondary N) is 2. The third-order valence-corrected chi connectivity index (χ3v) is 10.5. The minimum absolute atomic E-state index is 0.0718. The van der Waals surface area contributed by atoms with Crippen LogP contribution >= 0.6 is 0 Å². The lowest BCUT2D eigenvalue weighted by Gasteiger charge is -2.53. The largest absolute Gasteiger partial charge is 0.381 e. The minimum atomic E-state index is -0.0718. The van der Waals surface area contributed by atoms with E-state index in [4.69, 9.17) is 14.5 Å². The van der Waals surface area contributed by atoms with E-state index in [0.717, 1.165) is 112 Å². The summed E-state index contributed by atoms with van der Waals surface area (Å²) in [7, 11) is 0. The van der Waals surface area contributed by atoms with Gasteiger partial charge in [-0.3, -0.25) is 4.40 Å². The zero-order valence-electron chi connectivity index (χ0n) is 24.8. The molecule has 2 atom stereocenters. The Hall–Kier alpha value is -3.71. The molecule has 6 heterocycles. The maximum absolute atomic E-state index is 10.1. The highest BCUT2D eigenvalue weighted by molar-refractivity contribution is 5.94. The molecule has 0 amide bonds. The average molecular weight is 578 g/mol. The molecule has 0 aliphatic carbocycles. The molecular weight excluding hydrogens is 538 g/mol. The first-order valence-electron chi connectivity index (χ1n) is 15.7. The first kappa shape index (κ1) is 26.9. The SMILES string of the molecule is C[C@@H](Nc1nc2nccn2c2ccc(N3CC4(CCOCC4)C3)cc12)c1cccc(C#N)c1CC1CC2(CCO1)CNC2. The first-order valence-corrected chi connectivity index (χ1v) is 15.7. The van der Waals surface area contributed by atoms with E-state index in [2.05, 4.69) is 62.2 Å². The second-order valence-electron chi connectivity index (χ2n) is 13.3. The van der Waals surface area contributed by atoms with Crippen molar-refractivity contribution in [3.8, 4) is 6.07 Å². The Balaban J connectivity index is 1.11. The summed E-state index contributed by atoms with van der Waals surface area (Å²) in [5, 5.41) is 18.4. The molecule has 9 heteroatoms. The molecule has 43 heavy (non-hydrogen) atoms. The van der Waals surface area contributed by atoms with E-state index in [9.17, 15) is 5.26 Å². The Morgan fingerprint density at radius 3 is 2.74 bits per heavy atom. The van der Waals surface area contributed by atoms with Gasteiger partial charge in [0.2, 0.25) is 5.78 Å². The fourth-order valence-corrected chi connectivity index (χ4v) is 7.89. The molecule has 4 saturated heterocycles. The van der Waals surface area contributed by atoms with Gasteiger partial charge in [0.25, 0.3) is 0 Å². The fraction of sp³-hybridized carbons (Fsp3) is 0.500. The molecule has 2 aromatic heterocycles. The first-order chi connectivity index (χ1) is 21.0. The number of imidazole rings is 1. The zero-order valence-corrected chi connectivity index (χ0v) is 24.8. The molecule has 0 radical (unpaired) electrons. The standard InChI is InChI=1S/C34H39N7O2/c1-23(27-4-2-3-24(18-35)28(27)16-26-17-34(9-14-43-26)19-36-20-34)38-31-29-15-25(40-21-33(22-40)7-12-42-13-8-33)5-6-30(29)41-11-10-37-32(41)39-31/h2-6,10-11,15,23,26,36H,7-9,12-14,16-17,19-22H2,1H3,(H,37,38,39)/t23-,26?/m1/s1. The van der Waals surface area contributed by atoms with Crippen LogP contribution in [0.1, 0.15) is 55.3 Å². The molecule has 222 valence electrons. The van der Waals surface area contributed by atoms with Gasteiger partial charge in [0, 0.05) is 81.3 Å². The van der Waals surface area contributed by atoms with Crippen LogP contribution < -0.4 is 15.5 Å². The number of anilines is 2. The molecule has 0 bridgehead atoms. The van der Waals surface area contributed by atoms with Gasteiger partial charge >= 0.3 is 0 Å².